The lowest BCUT2D eigenvalue weighted by Gasteiger charge is -1.99. The van der Waals surface area contributed by atoms with Gasteiger partial charge in [0.1, 0.15) is 5.52 Å². The minimum absolute atomic E-state index is 0.0792. The lowest BCUT2D eigenvalue weighted by molar-refractivity contribution is 0.410. The molecule has 0 atom stereocenters. The molecule has 0 saturated carbocycles. The lowest BCUT2D eigenvalue weighted by atomic mass is 10.3. The van der Waals surface area contributed by atoms with E-state index in [1.54, 1.807) is 12.1 Å². The molecular formula is C8H5Cl2NO2. The topological polar surface area (TPSA) is 35.3 Å². The van der Waals surface area contributed by atoms with Crippen molar-refractivity contribution in [3.63, 3.8) is 0 Å². The van der Waals surface area contributed by atoms with Gasteiger partial charge in [0.05, 0.1) is 7.11 Å². The molecule has 1 aromatic carbocycles. The third kappa shape index (κ3) is 1.45. The Morgan fingerprint density at radius 3 is 2.85 bits per heavy atom. The second-order valence-corrected chi connectivity index (χ2v) is 3.18. The highest BCUT2D eigenvalue weighted by molar-refractivity contribution is 6.31. The summed E-state index contributed by atoms with van der Waals surface area (Å²) in [6.07, 6.45) is 0. The Hall–Kier alpha value is -0.930. The summed E-state index contributed by atoms with van der Waals surface area (Å²) in [7, 11) is 1.53. The SMILES string of the molecule is COc1cc(Cl)cc2nc(Cl)oc12. The van der Waals surface area contributed by atoms with Gasteiger partial charge >= 0.3 is 0 Å². The van der Waals surface area contributed by atoms with Gasteiger partial charge in [0, 0.05) is 11.1 Å². The van der Waals surface area contributed by atoms with Crippen LogP contribution in [0.1, 0.15) is 0 Å². The fourth-order valence-corrected chi connectivity index (χ4v) is 1.46. The summed E-state index contributed by atoms with van der Waals surface area (Å²) in [6.45, 7) is 0. The zero-order chi connectivity index (χ0) is 9.42. The predicted molar refractivity (Wildman–Crippen MR) is 50.6 cm³/mol. The number of benzene rings is 1. The highest BCUT2D eigenvalue weighted by atomic mass is 35.5. The van der Waals surface area contributed by atoms with E-state index in [1.807, 2.05) is 0 Å². The normalized spacial score (nSPS) is 10.7. The van der Waals surface area contributed by atoms with Crippen molar-refractivity contribution in [2.24, 2.45) is 0 Å². The number of fused-ring (bicyclic) bond motifs is 1. The van der Waals surface area contributed by atoms with Gasteiger partial charge in [0.2, 0.25) is 0 Å². The average molecular weight is 218 g/mol. The summed E-state index contributed by atoms with van der Waals surface area (Å²) in [5.74, 6) is 0.530. The van der Waals surface area contributed by atoms with Crippen molar-refractivity contribution in [3.05, 3.63) is 22.5 Å². The molecule has 0 aliphatic rings. The van der Waals surface area contributed by atoms with Gasteiger partial charge in [0.15, 0.2) is 11.3 Å². The van der Waals surface area contributed by atoms with E-state index >= 15 is 0 Å². The Bertz CT molecular complexity index is 453. The summed E-state index contributed by atoms with van der Waals surface area (Å²) in [5.41, 5.74) is 1.10. The minimum Gasteiger partial charge on any atom is -0.493 e. The van der Waals surface area contributed by atoms with E-state index in [4.69, 9.17) is 32.4 Å². The van der Waals surface area contributed by atoms with Gasteiger partial charge in [-0.3, -0.25) is 0 Å². The highest BCUT2D eigenvalue weighted by Crippen LogP contribution is 2.31. The second-order valence-electron chi connectivity index (χ2n) is 2.42. The second kappa shape index (κ2) is 3.09. The van der Waals surface area contributed by atoms with E-state index in [0.29, 0.717) is 21.9 Å². The molecule has 0 spiro atoms. The van der Waals surface area contributed by atoms with E-state index in [-0.39, 0.29) is 5.35 Å². The van der Waals surface area contributed by atoms with Gasteiger partial charge in [-0.05, 0) is 17.7 Å². The van der Waals surface area contributed by atoms with Crippen molar-refractivity contribution >= 4 is 34.3 Å². The number of hydrogen-bond acceptors (Lipinski definition) is 3. The first kappa shape index (κ1) is 8.66. The third-order valence-electron chi connectivity index (χ3n) is 1.61. The van der Waals surface area contributed by atoms with E-state index in [0.717, 1.165) is 0 Å². The lowest BCUT2D eigenvalue weighted by Crippen LogP contribution is -1.82. The molecule has 1 aromatic heterocycles. The maximum Gasteiger partial charge on any atom is 0.293 e. The highest BCUT2D eigenvalue weighted by Gasteiger charge is 2.10. The van der Waals surface area contributed by atoms with Crippen molar-refractivity contribution in [3.8, 4) is 5.75 Å². The Morgan fingerprint density at radius 1 is 1.38 bits per heavy atom. The van der Waals surface area contributed by atoms with Crippen LogP contribution in [-0.2, 0) is 0 Å². The number of halogens is 2. The van der Waals surface area contributed by atoms with Gasteiger partial charge < -0.3 is 9.15 Å². The van der Waals surface area contributed by atoms with Crippen LogP contribution in [-0.4, -0.2) is 12.1 Å². The van der Waals surface area contributed by atoms with Gasteiger partial charge in [-0.15, -0.1) is 0 Å². The fourth-order valence-electron chi connectivity index (χ4n) is 1.09. The minimum atomic E-state index is 0.0792. The number of hydrogen-bond donors (Lipinski definition) is 0. The van der Waals surface area contributed by atoms with Crippen LogP contribution >= 0.6 is 23.2 Å². The van der Waals surface area contributed by atoms with Gasteiger partial charge in [-0.1, -0.05) is 11.6 Å². The summed E-state index contributed by atoms with van der Waals surface area (Å²) in [6, 6.07) is 3.31. The van der Waals surface area contributed by atoms with E-state index in [2.05, 4.69) is 4.98 Å². The average Bonchev–Trinajstić information content (AvgIpc) is 2.43. The summed E-state index contributed by atoms with van der Waals surface area (Å²) < 4.78 is 10.2. The molecular weight excluding hydrogens is 213 g/mol. The molecule has 3 nitrogen and oxygen atoms in total. The van der Waals surface area contributed by atoms with E-state index in [1.165, 1.54) is 7.11 Å². The van der Waals surface area contributed by atoms with Crippen LogP contribution in [0.2, 0.25) is 10.4 Å². The molecule has 2 aromatic rings. The van der Waals surface area contributed by atoms with Crippen LogP contribution in [0, 0.1) is 0 Å². The monoisotopic (exact) mass is 217 g/mol. The van der Waals surface area contributed by atoms with E-state index < -0.39 is 0 Å². The van der Waals surface area contributed by atoms with Gasteiger partial charge in [-0.2, -0.15) is 4.98 Å². The van der Waals surface area contributed by atoms with Crippen LogP contribution in [0.3, 0.4) is 0 Å². The van der Waals surface area contributed by atoms with Gasteiger partial charge in [-0.25, -0.2) is 0 Å². The Labute approximate surface area is 84.2 Å². The van der Waals surface area contributed by atoms with Crippen LogP contribution in [0.4, 0.5) is 0 Å². The Balaban J connectivity index is 2.80. The maximum absolute atomic E-state index is 5.81. The largest absolute Gasteiger partial charge is 0.493 e. The van der Waals surface area contributed by atoms with Crippen molar-refractivity contribution < 1.29 is 9.15 Å². The molecule has 68 valence electrons. The van der Waals surface area contributed by atoms with E-state index in [9.17, 15) is 0 Å². The molecule has 0 N–H and O–H groups in total. The van der Waals surface area contributed by atoms with Gasteiger partial charge in [0.25, 0.3) is 5.35 Å². The molecule has 0 aliphatic carbocycles. The fraction of sp³-hybridized carbons (Fsp3) is 0.125. The Morgan fingerprint density at radius 2 is 2.15 bits per heavy atom. The van der Waals surface area contributed by atoms with Crippen LogP contribution in [0.5, 0.6) is 5.75 Å². The first-order valence-corrected chi connectivity index (χ1v) is 4.26. The molecule has 0 unspecified atom stereocenters. The van der Waals surface area contributed by atoms with Crippen LogP contribution < -0.4 is 4.74 Å². The molecule has 1 heterocycles. The predicted octanol–water partition coefficient (Wildman–Crippen LogP) is 3.14. The third-order valence-corrected chi connectivity index (χ3v) is 1.99. The smallest absolute Gasteiger partial charge is 0.293 e. The molecule has 0 amide bonds. The quantitative estimate of drug-likeness (QED) is 0.737. The van der Waals surface area contributed by atoms with Crippen molar-refractivity contribution in [1.82, 2.24) is 4.98 Å². The molecule has 0 fully saturated rings. The molecule has 0 bridgehead atoms. The molecule has 2 rings (SSSR count). The Kier molecular flexibility index (Phi) is 2.06. The number of ether oxygens (including phenoxy) is 1. The molecule has 0 aliphatic heterocycles. The summed E-state index contributed by atoms with van der Waals surface area (Å²) >= 11 is 11.4. The standard InChI is InChI=1S/C8H5Cl2NO2/c1-12-6-3-4(9)2-5-7(6)13-8(10)11-5/h2-3H,1H3. The zero-order valence-electron chi connectivity index (χ0n) is 6.67. The first-order chi connectivity index (χ1) is 6.20. The number of oxazole rings is 1. The first-order valence-electron chi connectivity index (χ1n) is 3.50. The maximum atomic E-state index is 5.81. The number of methoxy groups -OCH3 is 1. The molecule has 5 heteroatoms. The van der Waals surface area contributed by atoms with Crippen molar-refractivity contribution in [2.45, 2.75) is 0 Å². The zero-order valence-corrected chi connectivity index (χ0v) is 8.19. The van der Waals surface area contributed by atoms with Crippen LogP contribution in [0.25, 0.3) is 11.1 Å². The molecule has 0 radical (unpaired) electrons. The number of nitrogens with zero attached hydrogens (tertiary/aromatic N) is 1. The summed E-state index contributed by atoms with van der Waals surface area (Å²) in [5, 5.41) is 0.616. The van der Waals surface area contributed by atoms with Crippen LogP contribution in [0.15, 0.2) is 16.5 Å². The number of aromatic nitrogens is 1. The molecule has 13 heavy (non-hydrogen) atoms. The van der Waals surface area contributed by atoms with Crippen molar-refractivity contribution in [2.75, 3.05) is 7.11 Å². The summed E-state index contributed by atoms with van der Waals surface area (Å²) in [4.78, 5) is 3.92. The molecule has 0 saturated heterocycles. The number of rotatable bonds is 1. The van der Waals surface area contributed by atoms with Crippen molar-refractivity contribution in [1.29, 1.82) is 0 Å².